The Balaban J connectivity index is 1.80. The summed E-state index contributed by atoms with van der Waals surface area (Å²) in [7, 11) is -8.96. The quantitative estimate of drug-likeness (QED) is 0.310. The standard InChI is InChI=1S/C19H19N4O7PS/c20-18-17(23-16(9-21-18)13-3-1-12(10-24)2-4-13)19(25)22-14-5-7-15(8-6-14)32(29,30)11-31(26,27)28/h1-9,24H,10-11H2,(H2,20,21)(H,22,25)(H2,26,27,28). The minimum atomic E-state index is -4.77. The van der Waals surface area contributed by atoms with E-state index in [9.17, 15) is 17.8 Å². The van der Waals surface area contributed by atoms with E-state index in [1.54, 1.807) is 24.3 Å². The van der Waals surface area contributed by atoms with Crippen molar-refractivity contribution in [2.45, 2.75) is 11.5 Å². The molecule has 1 amide bonds. The number of sulfone groups is 1. The molecule has 0 saturated heterocycles. The van der Waals surface area contributed by atoms with Gasteiger partial charge in [0.05, 0.1) is 23.4 Å². The highest BCUT2D eigenvalue weighted by Crippen LogP contribution is 2.38. The maximum absolute atomic E-state index is 12.6. The summed E-state index contributed by atoms with van der Waals surface area (Å²) in [5.74, 6) is -0.797. The normalized spacial score (nSPS) is 11.8. The first kappa shape index (κ1) is 23.5. The van der Waals surface area contributed by atoms with E-state index < -0.39 is 28.8 Å². The van der Waals surface area contributed by atoms with Crippen molar-refractivity contribution in [3.05, 3.63) is 66.0 Å². The van der Waals surface area contributed by atoms with Crippen molar-refractivity contribution in [2.24, 2.45) is 0 Å². The van der Waals surface area contributed by atoms with Crippen LogP contribution in [0.3, 0.4) is 0 Å². The Morgan fingerprint density at radius 3 is 2.25 bits per heavy atom. The summed E-state index contributed by atoms with van der Waals surface area (Å²) in [6.45, 7) is -0.110. The highest BCUT2D eigenvalue weighted by atomic mass is 32.2. The SMILES string of the molecule is Nc1ncc(-c2ccc(CO)cc2)nc1C(=O)Nc1ccc(S(=O)(=O)CP(=O)(O)O)cc1. The molecule has 0 atom stereocenters. The van der Waals surface area contributed by atoms with Crippen LogP contribution in [0.15, 0.2) is 59.6 Å². The van der Waals surface area contributed by atoms with E-state index in [1.165, 1.54) is 18.3 Å². The molecule has 3 aromatic rings. The molecule has 2 aromatic carbocycles. The second kappa shape index (κ2) is 9.15. The average molecular weight is 478 g/mol. The number of nitrogens with one attached hydrogen (secondary N) is 1. The predicted molar refractivity (Wildman–Crippen MR) is 116 cm³/mol. The topological polar surface area (TPSA) is 193 Å². The smallest absolute Gasteiger partial charge is 0.340 e. The van der Waals surface area contributed by atoms with Gasteiger partial charge in [-0.3, -0.25) is 9.36 Å². The number of anilines is 2. The third-order valence-electron chi connectivity index (χ3n) is 4.26. The lowest BCUT2D eigenvalue weighted by molar-refractivity contribution is 0.102. The van der Waals surface area contributed by atoms with Crippen molar-refractivity contribution in [3.63, 3.8) is 0 Å². The molecule has 0 radical (unpaired) electrons. The Hall–Kier alpha value is -3.15. The van der Waals surface area contributed by atoms with Gasteiger partial charge in [-0.1, -0.05) is 24.3 Å². The molecule has 11 nitrogen and oxygen atoms in total. The van der Waals surface area contributed by atoms with Crippen LogP contribution >= 0.6 is 7.60 Å². The molecule has 32 heavy (non-hydrogen) atoms. The summed E-state index contributed by atoms with van der Waals surface area (Å²) in [5.41, 5.74) is 6.28. The van der Waals surface area contributed by atoms with Gasteiger partial charge in [-0.15, -0.1) is 0 Å². The molecule has 0 bridgehead atoms. The number of nitrogen functional groups attached to an aromatic ring is 1. The Kier molecular flexibility index (Phi) is 6.72. The van der Waals surface area contributed by atoms with Crippen LogP contribution in [-0.2, 0) is 21.0 Å². The van der Waals surface area contributed by atoms with Crippen LogP contribution in [0.4, 0.5) is 11.5 Å². The molecular formula is C19H19N4O7PS. The van der Waals surface area contributed by atoms with Crippen LogP contribution in [0.25, 0.3) is 11.3 Å². The van der Waals surface area contributed by atoms with Crippen molar-refractivity contribution in [3.8, 4) is 11.3 Å². The van der Waals surface area contributed by atoms with Crippen LogP contribution in [-0.4, -0.2) is 44.7 Å². The molecular weight excluding hydrogens is 459 g/mol. The summed E-state index contributed by atoms with van der Waals surface area (Å²) in [6.07, 6.45) is 1.40. The van der Waals surface area contributed by atoms with E-state index in [1.807, 2.05) is 0 Å². The van der Waals surface area contributed by atoms with Gasteiger partial charge < -0.3 is 25.9 Å². The number of nitrogens with zero attached hydrogens (tertiary/aromatic N) is 2. The lowest BCUT2D eigenvalue weighted by Gasteiger charge is -2.10. The van der Waals surface area contributed by atoms with Crippen molar-refractivity contribution in [2.75, 3.05) is 16.5 Å². The maximum atomic E-state index is 12.6. The second-order valence-corrected chi connectivity index (χ2v) is 10.8. The Morgan fingerprint density at radius 2 is 1.69 bits per heavy atom. The molecule has 1 heterocycles. The first-order valence-electron chi connectivity index (χ1n) is 9.00. The van der Waals surface area contributed by atoms with E-state index in [-0.39, 0.29) is 28.7 Å². The van der Waals surface area contributed by atoms with Gasteiger partial charge in [-0.25, -0.2) is 18.4 Å². The third kappa shape index (κ3) is 5.75. The van der Waals surface area contributed by atoms with Crippen LogP contribution in [0, 0.1) is 0 Å². The van der Waals surface area contributed by atoms with E-state index in [0.717, 1.165) is 12.1 Å². The maximum Gasteiger partial charge on any atom is 0.340 e. The molecule has 0 unspecified atom stereocenters. The second-order valence-electron chi connectivity index (χ2n) is 6.73. The molecule has 0 aliphatic heterocycles. The zero-order chi connectivity index (χ0) is 23.5. The van der Waals surface area contributed by atoms with Crippen LogP contribution in [0.2, 0.25) is 0 Å². The minimum Gasteiger partial charge on any atom is -0.392 e. The Morgan fingerprint density at radius 1 is 1.06 bits per heavy atom. The van der Waals surface area contributed by atoms with Crippen molar-refractivity contribution < 1.29 is 32.7 Å². The number of benzene rings is 2. The van der Waals surface area contributed by atoms with E-state index >= 15 is 0 Å². The Bertz CT molecular complexity index is 1290. The summed E-state index contributed by atoms with van der Waals surface area (Å²) < 4.78 is 35.1. The highest BCUT2D eigenvalue weighted by Gasteiger charge is 2.26. The number of hydrogen-bond donors (Lipinski definition) is 5. The van der Waals surface area contributed by atoms with Gasteiger partial charge in [-0.2, -0.15) is 0 Å². The average Bonchev–Trinajstić information content (AvgIpc) is 2.73. The largest absolute Gasteiger partial charge is 0.392 e. The van der Waals surface area contributed by atoms with E-state index in [2.05, 4.69) is 15.3 Å². The van der Waals surface area contributed by atoms with Gasteiger partial charge in [0.15, 0.2) is 26.8 Å². The van der Waals surface area contributed by atoms with E-state index in [4.69, 9.17) is 20.6 Å². The summed E-state index contributed by atoms with van der Waals surface area (Å²) in [5, 5.41) is 11.7. The molecule has 3 rings (SSSR count). The third-order valence-corrected chi connectivity index (χ3v) is 7.95. The van der Waals surface area contributed by atoms with E-state index in [0.29, 0.717) is 16.8 Å². The minimum absolute atomic E-state index is 0.110. The number of carbonyl (C=O) groups is 1. The number of amides is 1. The van der Waals surface area contributed by atoms with Gasteiger partial charge in [0.25, 0.3) is 5.91 Å². The van der Waals surface area contributed by atoms with Gasteiger partial charge in [-0.05, 0) is 29.8 Å². The molecule has 13 heteroatoms. The first-order chi connectivity index (χ1) is 15.0. The van der Waals surface area contributed by atoms with Gasteiger partial charge >= 0.3 is 7.60 Å². The number of aromatic nitrogens is 2. The number of aliphatic hydroxyl groups excluding tert-OH is 1. The summed E-state index contributed by atoms with van der Waals surface area (Å²) >= 11 is 0. The number of carbonyl (C=O) groups excluding carboxylic acids is 1. The zero-order valence-corrected chi connectivity index (χ0v) is 18.1. The number of rotatable bonds is 7. The highest BCUT2D eigenvalue weighted by molar-refractivity contribution is 7.97. The molecule has 0 saturated carbocycles. The van der Waals surface area contributed by atoms with Crippen molar-refractivity contribution in [1.82, 2.24) is 9.97 Å². The number of hydrogen-bond acceptors (Lipinski definition) is 8. The predicted octanol–water partition coefficient (Wildman–Crippen LogP) is 1.38. The number of nitrogens with two attached hydrogens (primary N) is 1. The Labute approximate surface area is 183 Å². The van der Waals surface area contributed by atoms with Crippen LogP contribution in [0.5, 0.6) is 0 Å². The summed E-state index contributed by atoms with van der Waals surface area (Å²) in [6, 6.07) is 11.6. The van der Waals surface area contributed by atoms with Gasteiger partial charge in [0.2, 0.25) is 0 Å². The van der Waals surface area contributed by atoms with Crippen LogP contribution < -0.4 is 11.1 Å². The molecule has 0 aliphatic carbocycles. The molecule has 0 spiro atoms. The summed E-state index contributed by atoms with van der Waals surface area (Å²) in [4.78, 5) is 38.4. The van der Waals surface area contributed by atoms with Crippen LogP contribution in [0.1, 0.15) is 16.1 Å². The lowest BCUT2D eigenvalue weighted by atomic mass is 10.1. The first-order valence-corrected chi connectivity index (χ1v) is 12.4. The molecule has 0 aliphatic rings. The zero-order valence-electron chi connectivity index (χ0n) is 16.4. The van der Waals surface area contributed by atoms with Gasteiger partial charge in [0, 0.05) is 11.3 Å². The van der Waals surface area contributed by atoms with Gasteiger partial charge in [0.1, 0.15) is 0 Å². The fourth-order valence-electron chi connectivity index (χ4n) is 2.72. The molecule has 1 aromatic heterocycles. The van der Waals surface area contributed by atoms with Crippen molar-refractivity contribution >= 4 is 34.8 Å². The van der Waals surface area contributed by atoms with Crippen molar-refractivity contribution in [1.29, 1.82) is 0 Å². The molecule has 0 fully saturated rings. The number of aliphatic hydroxyl groups is 1. The molecule has 6 N–H and O–H groups in total. The monoisotopic (exact) mass is 478 g/mol. The fraction of sp³-hybridized carbons (Fsp3) is 0.105. The lowest BCUT2D eigenvalue weighted by Crippen LogP contribution is -2.17. The fourth-order valence-corrected chi connectivity index (χ4v) is 5.64. The molecule has 168 valence electrons.